The van der Waals surface area contributed by atoms with Gasteiger partial charge in [0.1, 0.15) is 0 Å². The maximum absolute atomic E-state index is 12.0. The maximum atomic E-state index is 12.0. The first kappa shape index (κ1) is 17.9. The minimum atomic E-state index is -0.162. The number of anilines is 1. The zero-order valence-electron chi connectivity index (χ0n) is 14.1. The van der Waals surface area contributed by atoms with Crippen LogP contribution >= 0.6 is 11.8 Å². The van der Waals surface area contributed by atoms with Crippen LogP contribution in [0.4, 0.5) is 5.69 Å². The Labute approximate surface area is 144 Å². The second kappa shape index (κ2) is 7.91. The van der Waals surface area contributed by atoms with Crippen LogP contribution < -0.4 is 5.32 Å². The molecule has 24 heavy (non-hydrogen) atoms. The molecule has 0 radical (unpaired) electrons. The Balaban J connectivity index is 1.90. The quantitative estimate of drug-likeness (QED) is 0.799. The summed E-state index contributed by atoms with van der Waals surface area (Å²) in [6, 6.07) is 6.91. The number of benzene rings is 1. The van der Waals surface area contributed by atoms with Crippen molar-refractivity contribution in [3.8, 4) is 0 Å². The summed E-state index contributed by atoms with van der Waals surface area (Å²) in [5.41, 5.74) is 1.21. The molecule has 0 aliphatic rings. The third-order valence-electron chi connectivity index (χ3n) is 3.11. The molecule has 0 atom stereocenters. The van der Waals surface area contributed by atoms with E-state index in [1.807, 2.05) is 13.8 Å². The summed E-state index contributed by atoms with van der Waals surface area (Å²) >= 11 is 1.28. The van der Waals surface area contributed by atoms with E-state index in [1.165, 1.54) is 16.7 Å². The minimum Gasteiger partial charge on any atom is -0.345 e. The van der Waals surface area contributed by atoms with Gasteiger partial charge in [0.2, 0.25) is 11.1 Å². The zero-order chi connectivity index (χ0) is 17.7. The van der Waals surface area contributed by atoms with E-state index in [-0.39, 0.29) is 23.6 Å². The van der Waals surface area contributed by atoms with Crippen molar-refractivity contribution in [3.63, 3.8) is 0 Å². The summed E-state index contributed by atoms with van der Waals surface area (Å²) in [4.78, 5) is 25.3. The molecule has 0 unspecified atom stereocenters. The van der Waals surface area contributed by atoms with E-state index in [0.717, 1.165) is 0 Å². The van der Waals surface area contributed by atoms with E-state index in [9.17, 15) is 9.59 Å². The summed E-state index contributed by atoms with van der Waals surface area (Å²) in [7, 11) is 3.39. The number of hydrogen-bond acceptors (Lipinski definition) is 6. The van der Waals surface area contributed by atoms with Crippen molar-refractivity contribution in [3.05, 3.63) is 29.8 Å². The van der Waals surface area contributed by atoms with Gasteiger partial charge in [-0.1, -0.05) is 11.8 Å². The van der Waals surface area contributed by atoms with Crippen molar-refractivity contribution in [1.29, 1.82) is 0 Å². The first-order valence-electron chi connectivity index (χ1n) is 7.40. The van der Waals surface area contributed by atoms with Gasteiger partial charge in [-0.05, 0) is 48.5 Å². The maximum Gasteiger partial charge on any atom is 0.253 e. The monoisotopic (exact) mass is 348 g/mol. The molecule has 0 saturated heterocycles. The van der Waals surface area contributed by atoms with Gasteiger partial charge in [0.15, 0.2) is 0 Å². The lowest BCUT2D eigenvalue weighted by atomic mass is 10.2. The Kier molecular flexibility index (Phi) is 5.91. The normalized spacial score (nSPS) is 10.7. The van der Waals surface area contributed by atoms with Crippen molar-refractivity contribution in [1.82, 2.24) is 25.1 Å². The molecule has 1 heterocycles. The lowest BCUT2D eigenvalue weighted by Crippen LogP contribution is -2.21. The highest BCUT2D eigenvalue weighted by atomic mass is 32.2. The second-order valence-electron chi connectivity index (χ2n) is 5.61. The number of aromatic nitrogens is 4. The number of nitrogens with zero attached hydrogens (tertiary/aromatic N) is 5. The fraction of sp³-hybridized carbons (Fsp3) is 0.400. The average Bonchev–Trinajstić information content (AvgIpc) is 3.01. The zero-order valence-corrected chi connectivity index (χ0v) is 14.9. The molecule has 0 saturated carbocycles. The molecule has 0 bridgehead atoms. The van der Waals surface area contributed by atoms with Gasteiger partial charge >= 0.3 is 0 Å². The van der Waals surface area contributed by atoms with Crippen LogP contribution in [0.15, 0.2) is 29.4 Å². The fourth-order valence-corrected chi connectivity index (χ4v) is 2.69. The lowest BCUT2D eigenvalue weighted by Gasteiger charge is -2.11. The smallest absolute Gasteiger partial charge is 0.253 e. The van der Waals surface area contributed by atoms with Gasteiger partial charge < -0.3 is 10.2 Å². The lowest BCUT2D eigenvalue weighted by molar-refractivity contribution is -0.113. The van der Waals surface area contributed by atoms with Crippen molar-refractivity contribution >= 4 is 29.3 Å². The number of carbonyl (C=O) groups excluding carboxylic acids is 2. The molecule has 0 aliphatic carbocycles. The topological polar surface area (TPSA) is 93.0 Å². The molecule has 1 aromatic heterocycles. The van der Waals surface area contributed by atoms with Gasteiger partial charge in [-0.25, -0.2) is 4.68 Å². The fourth-order valence-electron chi connectivity index (χ4n) is 1.89. The summed E-state index contributed by atoms with van der Waals surface area (Å²) in [6.07, 6.45) is 0. The van der Waals surface area contributed by atoms with E-state index in [4.69, 9.17) is 0 Å². The first-order chi connectivity index (χ1) is 11.4. The third kappa shape index (κ3) is 4.54. The van der Waals surface area contributed by atoms with Gasteiger partial charge in [-0.15, -0.1) is 5.10 Å². The van der Waals surface area contributed by atoms with Crippen molar-refractivity contribution in [2.75, 3.05) is 25.2 Å². The molecule has 128 valence electrons. The Bertz CT molecular complexity index is 711. The van der Waals surface area contributed by atoms with Gasteiger partial charge in [0.25, 0.3) is 5.91 Å². The third-order valence-corrected chi connectivity index (χ3v) is 4.04. The van der Waals surface area contributed by atoms with E-state index < -0.39 is 0 Å². The number of thioether (sulfide) groups is 1. The van der Waals surface area contributed by atoms with Gasteiger partial charge in [-0.3, -0.25) is 9.59 Å². The summed E-state index contributed by atoms with van der Waals surface area (Å²) in [5.74, 6) is -0.0418. The minimum absolute atomic E-state index is 0.0797. The van der Waals surface area contributed by atoms with Gasteiger partial charge in [0, 0.05) is 25.3 Å². The predicted octanol–water partition coefficient (Wildman–Crippen LogP) is 1.69. The summed E-state index contributed by atoms with van der Waals surface area (Å²) in [6.45, 7) is 3.94. The van der Waals surface area contributed by atoms with Crippen molar-refractivity contribution < 1.29 is 9.59 Å². The van der Waals surface area contributed by atoms with E-state index in [0.29, 0.717) is 16.4 Å². The van der Waals surface area contributed by atoms with Crippen LogP contribution in [-0.4, -0.2) is 56.8 Å². The van der Waals surface area contributed by atoms with Crippen molar-refractivity contribution in [2.24, 2.45) is 0 Å². The molecule has 1 aromatic carbocycles. The van der Waals surface area contributed by atoms with Crippen LogP contribution in [0.3, 0.4) is 0 Å². The van der Waals surface area contributed by atoms with Crippen LogP contribution in [0.25, 0.3) is 0 Å². The molecule has 1 N–H and O–H groups in total. The predicted molar refractivity (Wildman–Crippen MR) is 92.0 cm³/mol. The molecule has 8 nitrogen and oxygen atoms in total. The number of rotatable bonds is 6. The number of nitrogens with one attached hydrogen (secondary N) is 1. The van der Waals surface area contributed by atoms with Crippen LogP contribution in [-0.2, 0) is 4.79 Å². The largest absolute Gasteiger partial charge is 0.345 e. The first-order valence-corrected chi connectivity index (χ1v) is 8.39. The van der Waals surface area contributed by atoms with Crippen LogP contribution in [0.2, 0.25) is 0 Å². The summed E-state index contributed by atoms with van der Waals surface area (Å²) in [5, 5.41) is 14.8. The highest BCUT2D eigenvalue weighted by molar-refractivity contribution is 7.99. The Morgan fingerprint density at radius 3 is 2.50 bits per heavy atom. The second-order valence-corrected chi connectivity index (χ2v) is 6.56. The van der Waals surface area contributed by atoms with E-state index >= 15 is 0 Å². The number of amides is 2. The molecule has 9 heteroatoms. The van der Waals surface area contributed by atoms with E-state index in [1.54, 1.807) is 43.0 Å². The highest BCUT2D eigenvalue weighted by Crippen LogP contribution is 2.18. The Morgan fingerprint density at radius 1 is 1.25 bits per heavy atom. The Hall–Kier alpha value is -2.42. The molecular weight excluding hydrogens is 328 g/mol. The van der Waals surface area contributed by atoms with Crippen molar-refractivity contribution in [2.45, 2.75) is 25.0 Å². The van der Waals surface area contributed by atoms with Crippen LogP contribution in [0.5, 0.6) is 0 Å². The molecule has 0 spiro atoms. The van der Waals surface area contributed by atoms with Crippen LogP contribution in [0, 0.1) is 0 Å². The molecular formula is C15H20N6O2S. The Morgan fingerprint density at radius 2 is 1.92 bits per heavy atom. The molecule has 2 aromatic rings. The summed E-state index contributed by atoms with van der Waals surface area (Å²) < 4.78 is 1.67. The molecule has 0 fully saturated rings. The van der Waals surface area contributed by atoms with Crippen LogP contribution in [0.1, 0.15) is 30.2 Å². The van der Waals surface area contributed by atoms with Gasteiger partial charge in [0.05, 0.1) is 11.8 Å². The molecule has 2 rings (SSSR count). The molecule has 0 aliphatic heterocycles. The SMILES string of the molecule is CC(C)n1nnnc1SCC(=O)Nc1ccc(C(=O)N(C)C)cc1. The van der Waals surface area contributed by atoms with E-state index in [2.05, 4.69) is 20.8 Å². The highest BCUT2D eigenvalue weighted by Gasteiger charge is 2.12. The standard InChI is InChI=1S/C15H20N6O2S/c1-10(2)21-15(17-18-19-21)24-9-13(22)16-12-7-5-11(6-8-12)14(23)20(3)4/h5-8,10H,9H2,1-4H3,(H,16,22). The molecule has 2 amide bonds. The number of carbonyl (C=O) groups is 2. The average molecular weight is 348 g/mol. The number of hydrogen-bond donors (Lipinski definition) is 1. The van der Waals surface area contributed by atoms with Gasteiger partial charge in [-0.2, -0.15) is 0 Å². The number of tetrazole rings is 1.